The van der Waals surface area contributed by atoms with Gasteiger partial charge in [-0.05, 0) is 61.1 Å². The van der Waals surface area contributed by atoms with E-state index in [1.54, 1.807) is 23.8 Å². The minimum absolute atomic E-state index is 0.0148. The molecular weight excluding hydrogens is 510 g/mol. The largest absolute Gasteiger partial charge is 0.497 e. The van der Waals surface area contributed by atoms with Crippen LogP contribution in [0.2, 0.25) is 0 Å². The summed E-state index contributed by atoms with van der Waals surface area (Å²) in [7, 11) is 1.64. The van der Waals surface area contributed by atoms with E-state index in [2.05, 4.69) is 17.1 Å². The van der Waals surface area contributed by atoms with Gasteiger partial charge >= 0.3 is 4.87 Å². The van der Waals surface area contributed by atoms with Crippen LogP contribution in [0.3, 0.4) is 0 Å². The second kappa shape index (κ2) is 8.73. The zero-order valence-electron chi connectivity index (χ0n) is 20.6. The van der Waals surface area contributed by atoms with Gasteiger partial charge < -0.3 is 14.6 Å². The van der Waals surface area contributed by atoms with Crippen LogP contribution in [0.5, 0.6) is 5.75 Å². The maximum Gasteiger partial charge on any atom is 0.305 e. The lowest BCUT2D eigenvalue weighted by Crippen LogP contribution is -2.45. The van der Waals surface area contributed by atoms with Crippen LogP contribution >= 0.6 is 23.1 Å². The van der Waals surface area contributed by atoms with Gasteiger partial charge in [0.15, 0.2) is 0 Å². The number of nitrogens with zero attached hydrogens (tertiary/aromatic N) is 2. The van der Waals surface area contributed by atoms with Crippen molar-refractivity contribution in [2.24, 2.45) is 29.6 Å². The van der Waals surface area contributed by atoms with Crippen LogP contribution < -0.4 is 9.61 Å². The van der Waals surface area contributed by atoms with Crippen molar-refractivity contribution >= 4 is 40.8 Å². The number of hydrogen-bond acceptors (Lipinski definition) is 7. The molecule has 4 heterocycles. The first-order valence-electron chi connectivity index (χ1n) is 13.1. The van der Waals surface area contributed by atoms with Crippen LogP contribution in [0, 0.1) is 29.6 Å². The molecular formula is C27H29N3O5S2. The summed E-state index contributed by atoms with van der Waals surface area (Å²) in [5.41, 5.74) is 1.10. The lowest BCUT2D eigenvalue weighted by molar-refractivity contribution is -0.147. The van der Waals surface area contributed by atoms with E-state index in [0.717, 1.165) is 46.9 Å². The number of imide groups is 1. The number of thiazole rings is 1. The summed E-state index contributed by atoms with van der Waals surface area (Å²) in [6.45, 7) is 1.28. The Kier molecular flexibility index (Phi) is 5.55. The molecule has 0 spiro atoms. The van der Waals surface area contributed by atoms with Crippen molar-refractivity contribution in [3.63, 3.8) is 0 Å². The van der Waals surface area contributed by atoms with Gasteiger partial charge in [0.25, 0.3) is 0 Å². The Morgan fingerprint density at radius 2 is 1.73 bits per heavy atom. The predicted octanol–water partition coefficient (Wildman–Crippen LogP) is 2.93. The summed E-state index contributed by atoms with van der Waals surface area (Å²) in [4.78, 5) is 59.7. The van der Waals surface area contributed by atoms with E-state index in [-0.39, 0.29) is 69.9 Å². The van der Waals surface area contributed by atoms with Crippen molar-refractivity contribution in [3.05, 3.63) is 44.4 Å². The summed E-state index contributed by atoms with van der Waals surface area (Å²) in [5.74, 6) is -0.156. The number of carbonyl (C=O) groups is 3. The Bertz CT molecular complexity index is 1330. The molecule has 1 aromatic heterocycles. The summed E-state index contributed by atoms with van der Waals surface area (Å²) in [6, 6.07) is 7.99. The molecule has 37 heavy (non-hydrogen) atoms. The van der Waals surface area contributed by atoms with Gasteiger partial charge in [-0.1, -0.05) is 23.5 Å². The fourth-order valence-electron chi connectivity index (χ4n) is 7.80. The monoisotopic (exact) mass is 539 g/mol. The van der Waals surface area contributed by atoms with Gasteiger partial charge in [-0.2, -0.15) is 0 Å². The molecule has 7 unspecified atom stereocenters. The number of thioether (sulfide) groups is 1. The number of rotatable bonds is 4. The Balaban J connectivity index is 1.22. The van der Waals surface area contributed by atoms with E-state index in [1.807, 2.05) is 12.1 Å². The van der Waals surface area contributed by atoms with Gasteiger partial charge in [-0.15, -0.1) is 11.8 Å². The number of H-pyrrole nitrogens is 1. The van der Waals surface area contributed by atoms with Crippen molar-refractivity contribution in [2.75, 3.05) is 26.7 Å². The summed E-state index contributed by atoms with van der Waals surface area (Å²) in [6.07, 6.45) is 3.91. The van der Waals surface area contributed by atoms with E-state index in [9.17, 15) is 19.2 Å². The van der Waals surface area contributed by atoms with E-state index < -0.39 is 0 Å². The first kappa shape index (κ1) is 23.5. The number of aromatic nitrogens is 1. The van der Waals surface area contributed by atoms with Crippen LogP contribution in [0.15, 0.2) is 34.1 Å². The number of aromatic amines is 1. The predicted molar refractivity (Wildman–Crippen MR) is 139 cm³/mol. The topological polar surface area (TPSA) is 99.8 Å². The van der Waals surface area contributed by atoms with Gasteiger partial charge in [0, 0.05) is 29.1 Å². The number of benzene rings is 1. The number of hydrogen-bond donors (Lipinski definition) is 1. The lowest BCUT2D eigenvalue weighted by Gasteiger charge is -2.43. The number of carbonyl (C=O) groups excluding carboxylic acids is 3. The fourth-order valence-corrected chi connectivity index (χ4v) is 10.7. The van der Waals surface area contributed by atoms with Crippen LogP contribution in [-0.4, -0.2) is 64.5 Å². The van der Waals surface area contributed by atoms with Crippen LogP contribution in [0.1, 0.15) is 42.0 Å². The molecule has 0 radical (unpaired) electrons. The summed E-state index contributed by atoms with van der Waals surface area (Å²) < 4.78 is 5.36. The molecule has 1 N–H and O–H groups in total. The molecule has 2 saturated carbocycles. The maximum absolute atomic E-state index is 13.7. The molecule has 7 atom stereocenters. The van der Waals surface area contributed by atoms with E-state index in [0.29, 0.717) is 13.1 Å². The number of amides is 3. The number of fused-ring (bicyclic) bond motifs is 9. The standard InChI is InChI=1S/C27H29N3O5S2/c1-35-14-7-5-13(6-8-14)18-19-15-11-16(22(19)36-24-23(18)37-27(34)28-24)21-20(15)25(32)30(26(21)33)12-17(31)29-9-3-2-4-10-29/h5-8,15-16,18-22H,2-4,9-12H2,1H3,(H,28,34). The highest BCUT2D eigenvalue weighted by Gasteiger charge is 2.69. The van der Waals surface area contributed by atoms with Crippen molar-refractivity contribution in [1.29, 1.82) is 0 Å². The normalized spacial score (nSPS) is 33.9. The molecule has 2 aromatic rings. The Labute approximate surface area is 222 Å². The maximum atomic E-state index is 13.7. The molecule has 5 aliphatic rings. The highest BCUT2D eigenvalue weighted by atomic mass is 32.2. The van der Waals surface area contributed by atoms with Crippen molar-refractivity contribution in [1.82, 2.24) is 14.8 Å². The van der Waals surface area contributed by atoms with Gasteiger partial charge in [0.1, 0.15) is 12.3 Å². The number of methoxy groups -OCH3 is 1. The summed E-state index contributed by atoms with van der Waals surface area (Å²) in [5, 5.41) is 1.04. The third-order valence-electron chi connectivity index (χ3n) is 9.29. The van der Waals surface area contributed by atoms with Crippen LogP contribution in [0.25, 0.3) is 0 Å². The third kappa shape index (κ3) is 3.47. The highest BCUT2D eigenvalue weighted by molar-refractivity contribution is 8.00. The van der Waals surface area contributed by atoms with Gasteiger partial charge in [-0.25, -0.2) is 0 Å². The fraction of sp³-hybridized carbons (Fsp3) is 0.556. The first-order valence-corrected chi connectivity index (χ1v) is 14.8. The molecule has 10 heteroatoms. The zero-order chi connectivity index (χ0) is 25.4. The summed E-state index contributed by atoms with van der Waals surface area (Å²) >= 11 is 2.94. The van der Waals surface area contributed by atoms with E-state index in [1.165, 1.54) is 16.2 Å². The number of likely N-dealkylation sites (tertiary alicyclic amines) is 2. The Morgan fingerprint density at radius 3 is 2.43 bits per heavy atom. The van der Waals surface area contributed by atoms with Crippen molar-refractivity contribution < 1.29 is 19.1 Å². The molecule has 7 rings (SSSR count). The minimum Gasteiger partial charge on any atom is -0.497 e. The average molecular weight is 540 g/mol. The van der Waals surface area contributed by atoms with Gasteiger partial charge in [-0.3, -0.25) is 24.1 Å². The van der Waals surface area contributed by atoms with Crippen LogP contribution in [0.4, 0.5) is 0 Å². The molecule has 4 fully saturated rings. The van der Waals surface area contributed by atoms with E-state index >= 15 is 0 Å². The third-order valence-corrected chi connectivity index (χ3v) is 11.9. The molecule has 3 aliphatic heterocycles. The van der Waals surface area contributed by atoms with Gasteiger partial charge in [0.2, 0.25) is 17.7 Å². The molecule has 1 aromatic carbocycles. The smallest absolute Gasteiger partial charge is 0.305 e. The number of nitrogens with one attached hydrogen (secondary N) is 1. The molecule has 2 saturated heterocycles. The number of piperidine rings is 1. The highest BCUT2D eigenvalue weighted by Crippen LogP contribution is 2.68. The molecule has 194 valence electrons. The lowest BCUT2D eigenvalue weighted by atomic mass is 9.68. The second-order valence-electron chi connectivity index (χ2n) is 10.9. The SMILES string of the molecule is COc1ccc(C2c3sc(=O)[nH]c3SC3C4CC(C5C(=O)N(CC(=O)N6CCCCC6)C(=O)C45)C23)cc1. The van der Waals surface area contributed by atoms with Crippen molar-refractivity contribution in [3.8, 4) is 5.75 Å². The van der Waals surface area contributed by atoms with Crippen molar-refractivity contribution in [2.45, 2.75) is 41.9 Å². The molecule has 8 nitrogen and oxygen atoms in total. The quantitative estimate of drug-likeness (QED) is 0.600. The zero-order valence-corrected chi connectivity index (χ0v) is 22.2. The van der Waals surface area contributed by atoms with Crippen LogP contribution in [-0.2, 0) is 14.4 Å². The average Bonchev–Trinajstić information content (AvgIpc) is 3.65. The molecule has 2 aliphatic carbocycles. The Morgan fingerprint density at radius 1 is 1.03 bits per heavy atom. The second-order valence-corrected chi connectivity index (χ2v) is 13.1. The molecule has 2 bridgehead atoms. The van der Waals surface area contributed by atoms with Gasteiger partial charge in [0.05, 0.1) is 24.0 Å². The minimum atomic E-state index is -0.369. The number of ether oxygens (including phenoxy) is 1. The van der Waals surface area contributed by atoms with E-state index in [4.69, 9.17) is 4.74 Å². The first-order chi connectivity index (χ1) is 18.0. The molecule has 3 amide bonds. The Hall–Kier alpha value is -2.59.